The summed E-state index contributed by atoms with van der Waals surface area (Å²) in [5.41, 5.74) is 3.19. The van der Waals surface area contributed by atoms with E-state index in [9.17, 15) is 8.42 Å². The number of aromatic nitrogens is 2. The van der Waals surface area contributed by atoms with Gasteiger partial charge < -0.3 is 0 Å². The molecule has 0 unspecified atom stereocenters. The number of H-pyrrole nitrogens is 1. The molecule has 5 nitrogen and oxygen atoms in total. The first-order valence-electron chi connectivity index (χ1n) is 6.94. The molecule has 1 aromatic carbocycles. The minimum Gasteiger partial charge on any atom is -0.281 e. The molecule has 2 rings (SSSR count). The van der Waals surface area contributed by atoms with Crippen LogP contribution in [0.15, 0.2) is 29.2 Å². The van der Waals surface area contributed by atoms with Crippen molar-refractivity contribution in [3.63, 3.8) is 0 Å². The van der Waals surface area contributed by atoms with Gasteiger partial charge in [-0.25, -0.2) is 8.42 Å². The Labute approximate surface area is 126 Å². The van der Waals surface area contributed by atoms with Gasteiger partial charge in [-0.2, -0.15) is 9.40 Å². The number of benzene rings is 1. The van der Waals surface area contributed by atoms with Crippen LogP contribution in [0, 0.1) is 20.8 Å². The quantitative estimate of drug-likeness (QED) is 0.923. The molecule has 114 valence electrons. The zero-order valence-electron chi connectivity index (χ0n) is 12.8. The smallest absolute Gasteiger partial charge is 0.247 e. The van der Waals surface area contributed by atoms with Crippen LogP contribution in [0.2, 0.25) is 0 Å². The highest BCUT2D eigenvalue weighted by Crippen LogP contribution is 2.23. The summed E-state index contributed by atoms with van der Waals surface area (Å²) >= 11 is 0. The monoisotopic (exact) mass is 307 g/mol. The second kappa shape index (κ2) is 5.99. The van der Waals surface area contributed by atoms with Gasteiger partial charge in [0.15, 0.2) is 0 Å². The molecule has 0 aliphatic carbocycles. The third kappa shape index (κ3) is 3.01. The molecule has 1 aromatic heterocycles. The van der Waals surface area contributed by atoms with E-state index in [4.69, 9.17) is 0 Å². The van der Waals surface area contributed by atoms with E-state index in [2.05, 4.69) is 10.2 Å². The summed E-state index contributed by atoms with van der Waals surface area (Å²) < 4.78 is 27.2. The van der Waals surface area contributed by atoms with Gasteiger partial charge in [0, 0.05) is 13.1 Å². The maximum Gasteiger partial charge on any atom is 0.247 e. The van der Waals surface area contributed by atoms with Gasteiger partial charge in [0.1, 0.15) is 4.90 Å². The van der Waals surface area contributed by atoms with Crippen molar-refractivity contribution in [2.45, 2.75) is 39.1 Å². The van der Waals surface area contributed by atoms with E-state index < -0.39 is 10.0 Å². The predicted octanol–water partition coefficient (Wildman–Crippen LogP) is 2.55. The zero-order chi connectivity index (χ0) is 15.6. The second-order valence-corrected chi connectivity index (χ2v) is 7.00. The van der Waals surface area contributed by atoms with Crippen molar-refractivity contribution >= 4 is 10.0 Å². The first kappa shape index (κ1) is 15.7. The van der Waals surface area contributed by atoms with Gasteiger partial charge in [0.25, 0.3) is 0 Å². The minimum atomic E-state index is -3.54. The highest BCUT2D eigenvalue weighted by molar-refractivity contribution is 7.89. The standard InChI is InChI=1S/C15H21N3O2S/c1-5-18(10-14-9-7-6-8-11(14)2)21(19,20)15-12(3)16-17-13(15)4/h6-9H,5,10H2,1-4H3,(H,16,17). The maximum atomic E-state index is 12.8. The van der Waals surface area contributed by atoms with Gasteiger partial charge >= 0.3 is 0 Å². The highest BCUT2D eigenvalue weighted by atomic mass is 32.2. The van der Waals surface area contributed by atoms with E-state index in [1.54, 1.807) is 13.8 Å². The van der Waals surface area contributed by atoms with Crippen molar-refractivity contribution in [2.75, 3.05) is 6.54 Å². The lowest BCUT2D eigenvalue weighted by atomic mass is 10.1. The first-order chi connectivity index (χ1) is 9.87. The van der Waals surface area contributed by atoms with Crippen molar-refractivity contribution in [1.29, 1.82) is 0 Å². The Morgan fingerprint density at radius 1 is 1.19 bits per heavy atom. The molecule has 0 saturated carbocycles. The number of sulfonamides is 1. The molecule has 0 radical (unpaired) electrons. The van der Waals surface area contributed by atoms with E-state index in [0.29, 0.717) is 24.5 Å². The Balaban J connectivity index is 2.40. The molecule has 0 atom stereocenters. The van der Waals surface area contributed by atoms with Crippen molar-refractivity contribution < 1.29 is 8.42 Å². The van der Waals surface area contributed by atoms with Gasteiger partial charge in [0.2, 0.25) is 10.0 Å². The lowest BCUT2D eigenvalue weighted by Crippen LogP contribution is -2.31. The van der Waals surface area contributed by atoms with Crippen LogP contribution in [-0.4, -0.2) is 29.5 Å². The topological polar surface area (TPSA) is 66.1 Å². The molecule has 0 saturated heterocycles. The molecule has 0 spiro atoms. The van der Waals surface area contributed by atoms with Crippen LogP contribution in [0.4, 0.5) is 0 Å². The van der Waals surface area contributed by atoms with E-state index in [0.717, 1.165) is 11.1 Å². The fourth-order valence-electron chi connectivity index (χ4n) is 2.39. The summed E-state index contributed by atoms with van der Waals surface area (Å²) in [5.74, 6) is 0. The van der Waals surface area contributed by atoms with Crippen molar-refractivity contribution in [3.8, 4) is 0 Å². The molecule has 2 aromatic rings. The molecule has 21 heavy (non-hydrogen) atoms. The lowest BCUT2D eigenvalue weighted by molar-refractivity contribution is 0.422. The summed E-state index contributed by atoms with van der Waals surface area (Å²) in [6, 6.07) is 7.83. The normalized spacial score (nSPS) is 12.0. The molecule has 1 N–H and O–H groups in total. The van der Waals surface area contributed by atoms with E-state index in [-0.39, 0.29) is 4.90 Å². The third-order valence-electron chi connectivity index (χ3n) is 3.62. The van der Waals surface area contributed by atoms with E-state index in [1.165, 1.54) is 4.31 Å². The Hall–Kier alpha value is -1.66. The van der Waals surface area contributed by atoms with Gasteiger partial charge in [-0.05, 0) is 31.9 Å². The number of aromatic amines is 1. The molecule has 0 fully saturated rings. The third-order valence-corrected chi connectivity index (χ3v) is 5.80. The molecule has 0 amide bonds. The Kier molecular flexibility index (Phi) is 4.49. The summed E-state index contributed by atoms with van der Waals surface area (Å²) in [7, 11) is -3.54. The van der Waals surface area contributed by atoms with Crippen molar-refractivity contribution in [3.05, 3.63) is 46.8 Å². The molecular weight excluding hydrogens is 286 g/mol. The van der Waals surface area contributed by atoms with Crippen molar-refractivity contribution in [2.24, 2.45) is 0 Å². The average molecular weight is 307 g/mol. The molecule has 6 heteroatoms. The number of nitrogens with zero attached hydrogens (tertiary/aromatic N) is 2. The van der Waals surface area contributed by atoms with Crippen LogP contribution in [0.1, 0.15) is 29.4 Å². The summed E-state index contributed by atoms with van der Waals surface area (Å²) in [6.07, 6.45) is 0. The zero-order valence-corrected chi connectivity index (χ0v) is 13.7. The fraction of sp³-hybridized carbons (Fsp3) is 0.400. The van der Waals surface area contributed by atoms with Crippen molar-refractivity contribution in [1.82, 2.24) is 14.5 Å². The number of hydrogen-bond acceptors (Lipinski definition) is 3. The van der Waals surface area contributed by atoms with Crippen LogP contribution < -0.4 is 0 Å². The molecule has 1 heterocycles. The number of nitrogens with one attached hydrogen (secondary N) is 1. The summed E-state index contributed by atoms with van der Waals surface area (Å²) in [4.78, 5) is 0.290. The average Bonchev–Trinajstić information content (AvgIpc) is 2.77. The molecule has 0 aliphatic rings. The summed E-state index contributed by atoms with van der Waals surface area (Å²) in [5, 5.41) is 6.73. The minimum absolute atomic E-state index is 0.290. The predicted molar refractivity (Wildman–Crippen MR) is 82.5 cm³/mol. The lowest BCUT2D eigenvalue weighted by Gasteiger charge is -2.21. The number of aryl methyl sites for hydroxylation is 3. The van der Waals surface area contributed by atoms with Gasteiger partial charge in [-0.15, -0.1) is 0 Å². The number of rotatable bonds is 5. The van der Waals surface area contributed by atoms with Crippen LogP contribution in [0.5, 0.6) is 0 Å². The Morgan fingerprint density at radius 2 is 1.86 bits per heavy atom. The first-order valence-corrected chi connectivity index (χ1v) is 8.38. The SMILES string of the molecule is CCN(Cc1ccccc1C)S(=O)(=O)c1c(C)n[nH]c1C. The largest absolute Gasteiger partial charge is 0.281 e. The Morgan fingerprint density at radius 3 is 2.38 bits per heavy atom. The molecule has 0 bridgehead atoms. The van der Waals surface area contributed by atoms with Crippen LogP contribution in [0.3, 0.4) is 0 Å². The molecule has 0 aliphatic heterocycles. The Bertz CT molecular complexity index is 716. The van der Waals surface area contributed by atoms with Crippen LogP contribution >= 0.6 is 0 Å². The highest BCUT2D eigenvalue weighted by Gasteiger charge is 2.28. The van der Waals surface area contributed by atoms with Gasteiger partial charge in [-0.1, -0.05) is 31.2 Å². The maximum absolute atomic E-state index is 12.8. The van der Waals surface area contributed by atoms with Crippen LogP contribution in [0.25, 0.3) is 0 Å². The summed E-state index contributed by atoms with van der Waals surface area (Å²) in [6.45, 7) is 8.06. The van der Waals surface area contributed by atoms with Gasteiger partial charge in [-0.3, -0.25) is 5.10 Å². The van der Waals surface area contributed by atoms with Gasteiger partial charge in [0.05, 0.1) is 11.4 Å². The second-order valence-electron chi connectivity index (χ2n) is 5.12. The van der Waals surface area contributed by atoms with E-state index in [1.807, 2.05) is 38.1 Å². The molecular formula is C15H21N3O2S. The fourth-order valence-corrected chi connectivity index (χ4v) is 4.15. The number of hydrogen-bond donors (Lipinski definition) is 1. The van der Waals surface area contributed by atoms with Crippen LogP contribution in [-0.2, 0) is 16.6 Å². The van der Waals surface area contributed by atoms with E-state index >= 15 is 0 Å².